The lowest BCUT2D eigenvalue weighted by Crippen LogP contribution is -2.39. The van der Waals surface area contributed by atoms with Crippen LogP contribution < -0.4 is 10.5 Å². The normalized spacial score (nSPS) is 12.6. The van der Waals surface area contributed by atoms with E-state index in [4.69, 9.17) is 5.73 Å². The Kier molecular flexibility index (Phi) is 6.15. The van der Waals surface area contributed by atoms with Gasteiger partial charge in [0, 0.05) is 23.0 Å². The lowest BCUT2D eigenvalue weighted by atomic mass is 9.84. The Labute approximate surface area is 132 Å². The van der Waals surface area contributed by atoms with Crippen LogP contribution in [0.5, 0.6) is 0 Å². The van der Waals surface area contributed by atoms with Gasteiger partial charge in [0.2, 0.25) is 10.0 Å². The first-order chi connectivity index (χ1) is 9.71. The molecule has 1 rings (SSSR count). The van der Waals surface area contributed by atoms with Gasteiger partial charge in [0.25, 0.3) is 0 Å². The maximum absolute atomic E-state index is 13.3. The van der Waals surface area contributed by atoms with Crippen molar-refractivity contribution in [1.82, 2.24) is 4.72 Å². The average molecular weight is 383 g/mol. The summed E-state index contributed by atoms with van der Waals surface area (Å²) in [6.07, 6.45) is 1.27. The molecule has 0 aromatic heterocycles. The first kappa shape index (κ1) is 18.3. The van der Waals surface area contributed by atoms with Crippen LogP contribution in [-0.2, 0) is 10.0 Å². The zero-order valence-electron chi connectivity index (χ0n) is 12.0. The molecule has 0 radical (unpaired) electrons. The molecular weight excluding hydrogens is 363 g/mol. The average Bonchev–Trinajstić information content (AvgIpc) is 2.45. The number of sulfonamides is 1. The van der Waals surface area contributed by atoms with E-state index in [0.717, 1.165) is 12.1 Å². The molecule has 0 spiro atoms. The second kappa shape index (κ2) is 7.04. The number of nitrogens with two attached hydrogens (primary N) is 1. The van der Waals surface area contributed by atoms with Gasteiger partial charge in [-0.05, 0) is 40.9 Å². The molecule has 0 amide bonds. The molecule has 4 N–H and O–H groups in total. The van der Waals surface area contributed by atoms with Gasteiger partial charge in [-0.25, -0.2) is 17.5 Å². The van der Waals surface area contributed by atoms with Crippen LogP contribution in [0.15, 0.2) is 21.5 Å². The van der Waals surface area contributed by atoms with Crippen LogP contribution >= 0.6 is 15.9 Å². The van der Waals surface area contributed by atoms with E-state index < -0.39 is 21.3 Å². The molecule has 1 aromatic carbocycles. The van der Waals surface area contributed by atoms with Gasteiger partial charge in [-0.15, -0.1) is 0 Å². The van der Waals surface area contributed by atoms with Crippen molar-refractivity contribution in [2.24, 2.45) is 5.41 Å². The number of aliphatic hydroxyl groups excluding tert-OH is 1. The first-order valence-electron chi connectivity index (χ1n) is 6.56. The van der Waals surface area contributed by atoms with E-state index in [1.165, 1.54) is 0 Å². The molecule has 21 heavy (non-hydrogen) atoms. The van der Waals surface area contributed by atoms with E-state index in [1.54, 1.807) is 0 Å². The second-order valence-corrected chi connectivity index (χ2v) is 7.58. The highest BCUT2D eigenvalue weighted by Crippen LogP contribution is 2.29. The van der Waals surface area contributed by atoms with Crippen molar-refractivity contribution in [3.8, 4) is 0 Å². The number of hydrogen-bond acceptors (Lipinski definition) is 4. The molecule has 0 aliphatic rings. The zero-order valence-corrected chi connectivity index (χ0v) is 14.4. The molecule has 0 unspecified atom stereocenters. The topological polar surface area (TPSA) is 92.4 Å². The number of halogens is 2. The van der Waals surface area contributed by atoms with Crippen LogP contribution in [0.2, 0.25) is 0 Å². The van der Waals surface area contributed by atoms with Crippen molar-refractivity contribution in [3.63, 3.8) is 0 Å². The third kappa shape index (κ3) is 4.15. The number of nitrogen functional groups attached to an aromatic ring is 1. The molecule has 0 bridgehead atoms. The van der Waals surface area contributed by atoms with Crippen LogP contribution in [0.3, 0.4) is 0 Å². The maximum atomic E-state index is 13.3. The monoisotopic (exact) mass is 382 g/mol. The molecule has 0 atom stereocenters. The highest BCUT2D eigenvalue weighted by atomic mass is 79.9. The predicted molar refractivity (Wildman–Crippen MR) is 83.8 cm³/mol. The first-order valence-corrected chi connectivity index (χ1v) is 8.84. The third-order valence-corrected chi connectivity index (χ3v) is 6.17. The van der Waals surface area contributed by atoms with Crippen LogP contribution in [0.4, 0.5) is 10.1 Å². The van der Waals surface area contributed by atoms with Crippen LogP contribution in [0.1, 0.15) is 26.7 Å². The Bertz CT molecular complexity index is 595. The summed E-state index contributed by atoms with van der Waals surface area (Å²) in [6.45, 7) is 3.76. The molecule has 1 aromatic rings. The van der Waals surface area contributed by atoms with E-state index in [0.29, 0.717) is 12.8 Å². The van der Waals surface area contributed by atoms with Crippen molar-refractivity contribution in [2.75, 3.05) is 18.9 Å². The summed E-state index contributed by atoms with van der Waals surface area (Å²) in [5.41, 5.74) is 4.67. The fourth-order valence-electron chi connectivity index (χ4n) is 1.86. The Hall–Kier alpha value is -0.700. The Morgan fingerprint density at radius 1 is 1.38 bits per heavy atom. The van der Waals surface area contributed by atoms with Gasteiger partial charge in [-0.3, -0.25) is 0 Å². The Morgan fingerprint density at radius 2 is 1.95 bits per heavy atom. The number of rotatable bonds is 7. The van der Waals surface area contributed by atoms with Crippen molar-refractivity contribution in [1.29, 1.82) is 0 Å². The van der Waals surface area contributed by atoms with Crippen LogP contribution in [-0.4, -0.2) is 26.7 Å². The number of benzene rings is 1. The zero-order chi connectivity index (χ0) is 16.3. The van der Waals surface area contributed by atoms with E-state index in [9.17, 15) is 17.9 Å². The smallest absolute Gasteiger partial charge is 0.241 e. The largest absolute Gasteiger partial charge is 0.396 e. The summed E-state index contributed by atoms with van der Waals surface area (Å²) in [4.78, 5) is -0.125. The summed E-state index contributed by atoms with van der Waals surface area (Å²) in [7, 11) is -3.85. The van der Waals surface area contributed by atoms with E-state index in [-0.39, 0.29) is 28.2 Å². The number of hydrogen-bond donors (Lipinski definition) is 3. The second-order valence-electron chi connectivity index (χ2n) is 4.99. The molecule has 8 heteroatoms. The highest BCUT2D eigenvalue weighted by Gasteiger charge is 2.28. The third-order valence-electron chi connectivity index (χ3n) is 3.81. The quantitative estimate of drug-likeness (QED) is 0.630. The molecule has 0 heterocycles. The molecular formula is C13H20BrFN2O3S. The molecule has 0 saturated carbocycles. The Morgan fingerprint density at radius 3 is 2.43 bits per heavy atom. The van der Waals surface area contributed by atoms with Crippen molar-refractivity contribution in [3.05, 3.63) is 22.4 Å². The van der Waals surface area contributed by atoms with Gasteiger partial charge in [0.1, 0.15) is 5.82 Å². The molecule has 5 nitrogen and oxygen atoms in total. The summed E-state index contributed by atoms with van der Waals surface area (Å²) < 4.78 is 40.5. The summed E-state index contributed by atoms with van der Waals surface area (Å²) in [5.74, 6) is -0.687. The summed E-state index contributed by atoms with van der Waals surface area (Å²) in [6, 6.07) is 2.09. The van der Waals surface area contributed by atoms with Crippen LogP contribution in [0.25, 0.3) is 0 Å². The Balaban J connectivity index is 3.05. The molecule has 120 valence electrons. The van der Waals surface area contributed by atoms with Crippen LogP contribution in [0, 0.1) is 11.2 Å². The van der Waals surface area contributed by atoms with Crippen molar-refractivity contribution >= 4 is 31.6 Å². The molecule has 0 fully saturated rings. The highest BCUT2D eigenvalue weighted by molar-refractivity contribution is 9.10. The van der Waals surface area contributed by atoms with Gasteiger partial charge in [-0.2, -0.15) is 0 Å². The van der Waals surface area contributed by atoms with Gasteiger partial charge in [0.05, 0.1) is 10.6 Å². The lowest BCUT2D eigenvalue weighted by molar-refractivity contribution is 0.119. The molecule has 0 aliphatic heterocycles. The predicted octanol–water partition coefficient (Wildman–Crippen LogP) is 2.25. The van der Waals surface area contributed by atoms with E-state index in [1.807, 2.05) is 13.8 Å². The van der Waals surface area contributed by atoms with E-state index in [2.05, 4.69) is 20.7 Å². The van der Waals surface area contributed by atoms with E-state index >= 15 is 0 Å². The van der Waals surface area contributed by atoms with Crippen molar-refractivity contribution in [2.45, 2.75) is 31.6 Å². The minimum atomic E-state index is -3.85. The van der Waals surface area contributed by atoms with Gasteiger partial charge >= 0.3 is 0 Å². The fraction of sp³-hybridized carbons (Fsp3) is 0.538. The molecule has 0 saturated heterocycles. The standard InChI is InChI=1S/C13H20BrFN2O3S/c1-3-13(4-2,8-18)7-17-21(19,20)12-6-11(16)10(15)5-9(12)14/h5-6,17-18H,3-4,7-8,16H2,1-2H3. The van der Waals surface area contributed by atoms with Gasteiger partial charge in [-0.1, -0.05) is 13.8 Å². The van der Waals surface area contributed by atoms with Gasteiger partial charge < -0.3 is 10.8 Å². The minimum absolute atomic E-state index is 0.0998. The fourth-order valence-corrected chi connectivity index (χ4v) is 4.06. The molecule has 0 aliphatic carbocycles. The summed E-state index contributed by atoms with van der Waals surface area (Å²) >= 11 is 3.02. The lowest BCUT2D eigenvalue weighted by Gasteiger charge is -2.29. The number of nitrogens with one attached hydrogen (secondary N) is 1. The SMILES string of the molecule is CCC(CC)(CO)CNS(=O)(=O)c1cc(N)c(F)cc1Br. The number of aliphatic hydroxyl groups is 1. The van der Waals surface area contributed by atoms with Gasteiger partial charge in [0.15, 0.2) is 0 Å². The number of anilines is 1. The van der Waals surface area contributed by atoms with Crippen molar-refractivity contribution < 1.29 is 17.9 Å². The minimum Gasteiger partial charge on any atom is -0.396 e. The maximum Gasteiger partial charge on any atom is 0.241 e. The summed E-state index contributed by atoms with van der Waals surface area (Å²) in [5, 5.41) is 9.47.